The lowest BCUT2D eigenvalue weighted by molar-refractivity contribution is 0.181. The Bertz CT molecular complexity index is 937. The molecule has 5 nitrogen and oxygen atoms in total. The van der Waals surface area contributed by atoms with Gasteiger partial charge in [-0.15, -0.1) is 0 Å². The molecule has 0 amide bonds. The number of hydrogen-bond donors (Lipinski definition) is 0. The van der Waals surface area contributed by atoms with Crippen molar-refractivity contribution in [3.63, 3.8) is 0 Å². The Morgan fingerprint density at radius 3 is 2.41 bits per heavy atom. The first kappa shape index (κ1) is 19.0. The second-order valence-corrected chi connectivity index (χ2v) is 9.46. The van der Waals surface area contributed by atoms with Crippen molar-refractivity contribution in [3.8, 4) is 5.75 Å². The van der Waals surface area contributed by atoms with Crippen molar-refractivity contribution >= 4 is 33.2 Å². The van der Waals surface area contributed by atoms with Gasteiger partial charge in [0.25, 0.3) is 0 Å². The predicted octanol–water partition coefficient (Wildman–Crippen LogP) is 3.43. The fourth-order valence-electron chi connectivity index (χ4n) is 3.58. The van der Waals surface area contributed by atoms with Gasteiger partial charge in [-0.25, -0.2) is 8.42 Å². The molecule has 2 aliphatic rings. The first-order valence-corrected chi connectivity index (χ1v) is 11.1. The Morgan fingerprint density at radius 2 is 1.70 bits per heavy atom. The summed E-state index contributed by atoms with van der Waals surface area (Å²) in [7, 11) is -3.70. The highest BCUT2D eigenvalue weighted by atomic mass is 35.5. The van der Waals surface area contributed by atoms with Crippen LogP contribution in [0, 0.1) is 0 Å². The van der Waals surface area contributed by atoms with Gasteiger partial charge in [0.2, 0.25) is 10.0 Å². The zero-order valence-corrected chi connectivity index (χ0v) is 17.0. The molecular formula is C19H20Cl2N2O3S. The molecule has 0 saturated carbocycles. The number of halogens is 2. The van der Waals surface area contributed by atoms with E-state index in [2.05, 4.69) is 17.0 Å². The minimum absolute atomic E-state index is 0.000375. The minimum Gasteiger partial charge on any atom is -0.493 e. The van der Waals surface area contributed by atoms with Gasteiger partial charge in [0.15, 0.2) is 0 Å². The van der Waals surface area contributed by atoms with Crippen molar-refractivity contribution < 1.29 is 13.2 Å². The summed E-state index contributed by atoms with van der Waals surface area (Å²) in [5.41, 5.74) is 2.48. The van der Waals surface area contributed by atoms with Crippen LogP contribution in [0.2, 0.25) is 10.0 Å². The predicted molar refractivity (Wildman–Crippen MR) is 106 cm³/mol. The van der Waals surface area contributed by atoms with E-state index in [0.29, 0.717) is 26.2 Å². The molecule has 144 valence electrons. The number of piperazine rings is 1. The van der Waals surface area contributed by atoms with Crippen LogP contribution in [-0.2, 0) is 23.0 Å². The zero-order chi connectivity index (χ0) is 19.0. The summed E-state index contributed by atoms with van der Waals surface area (Å²) in [5.74, 6) is 0.978. The van der Waals surface area contributed by atoms with E-state index in [1.807, 2.05) is 6.07 Å². The van der Waals surface area contributed by atoms with Gasteiger partial charge in [-0.2, -0.15) is 4.31 Å². The van der Waals surface area contributed by atoms with Gasteiger partial charge in [-0.3, -0.25) is 4.90 Å². The van der Waals surface area contributed by atoms with E-state index in [9.17, 15) is 8.42 Å². The second-order valence-electron chi connectivity index (χ2n) is 6.77. The molecule has 0 atom stereocenters. The lowest BCUT2D eigenvalue weighted by atomic mass is 10.1. The van der Waals surface area contributed by atoms with Crippen molar-refractivity contribution in [2.24, 2.45) is 0 Å². The van der Waals surface area contributed by atoms with Crippen LogP contribution < -0.4 is 4.74 Å². The van der Waals surface area contributed by atoms with E-state index in [0.717, 1.165) is 25.3 Å². The van der Waals surface area contributed by atoms with Gasteiger partial charge < -0.3 is 4.74 Å². The molecule has 2 heterocycles. The third kappa shape index (κ3) is 3.82. The fourth-order valence-corrected chi connectivity index (χ4v) is 6.10. The fraction of sp³-hybridized carbons (Fsp3) is 0.368. The average molecular weight is 427 g/mol. The maximum absolute atomic E-state index is 12.9. The van der Waals surface area contributed by atoms with Gasteiger partial charge >= 0.3 is 0 Å². The van der Waals surface area contributed by atoms with Crippen LogP contribution in [0.1, 0.15) is 11.1 Å². The quantitative estimate of drug-likeness (QED) is 0.750. The van der Waals surface area contributed by atoms with E-state index in [-0.39, 0.29) is 14.9 Å². The van der Waals surface area contributed by atoms with Crippen molar-refractivity contribution in [2.45, 2.75) is 17.9 Å². The second kappa shape index (κ2) is 7.60. The van der Waals surface area contributed by atoms with Crippen LogP contribution in [0.15, 0.2) is 41.3 Å². The monoisotopic (exact) mass is 426 g/mol. The smallest absolute Gasteiger partial charge is 0.246 e. The molecule has 0 N–H and O–H groups in total. The van der Waals surface area contributed by atoms with Gasteiger partial charge in [-0.1, -0.05) is 41.4 Å². The summed E-state index contributed by atoms with van der Waals surface area (Å²) >= 11 is 12.2. The first-order valence-electron chi connectivity index (χ1n) is 8.86. The summed E-state index contributed by atoms with van der Waals surface area (Å²) in [6, 6.07) is 11.0. The Labute approximate surface area is 169 Å². The highest BCUT2D eigenvalue weighted by Gasteiger charge is 2.31. The summed E-state index contributed by atoms with van der Waals surface area (Å²) in [6.45, 7) is 3.70. The molecule has 0 bridgehead atoms. The normalized spacial score (nSPS) is 18.3. The Balaban J connectivity index is 1.43. The Hall–Kier alpha value is -1.31. The van der Waals surface area contributed by atoms with Gasteiger partial charge in [0.1, 0.15) is 10.6 Å². The van der Waals surface area contributed by atoms with E-state index in [1.165, 1.54) is 15.4 Å². The van der Waals surface area contributed by atoms with Crippen LogP contribution in [0.5, 0.6) is 5.75 Å². The summed E-state index contributed by atoms with van der Waals surface area (Å²) < 4.78 is 32.9. The standard InChI is InChI=1S/C19H20Cl2N2O3S/c20-16-2-1-3-17(21)19(16)27(24,25)23-9-7-22(8-10-23)13-14-4-5-18-15(12-14)6-11-26-18/h1-5,12H,6-11,13H2. The topological polar surface area (TPSA) is 49.9 Å². The number of hydrogen-bond acceptors (Lipinski definition) is 4. The van der Waals surface area contributed by atoms with Gasteiger partial charge in [0.05, 0.1) is 16.7 Å². The molecule has 0 unspecified atom stereocenters. The number of nitrogens with zero attached hydrogens (tertiary/aromatic N) is 2. The minimum atomic E-state index is -3.70. The van der Waals surface area contributed by atoms with Crippen molar-refractivity contribution in [1.29, 1.82) is 0 Å². The average Bonchev–Trinajstić information content (AvgIpc) is 3.09. The number of benzene rings is 2. The SMILES string of the molecule is O=S(=O)(c1c(Cl)cccc1Cl)N1CCN(Cc2ccc3c(c2)CCO3)CC1. The molecule has 8 heteroatoms. The molecule has 0 spiro atoms. The number of ether oxygens (including phenoxy) is 1. The maximum atomic E-state index is 12.9. The highest BCUT2D eigenvalue weighted by Crippen LogP contribution is 2.32. The van der Waals surface area contributed by atoms with Crippen LogP contribution in [-0.4, -0.2) is 50.4 Å². The summed E-state index contributed by atoms with van der Waals surface area (Å²) in [4.78, 5) is 2.26. The van der Waals surface area contributed by atoms with E-state index < -0.39 is 10.0 Å². The lowest BCUT2D eigenvalue weighted by Gasteiger charge is -2.34. The summed E-state index contributed by atoms with van der Waals surface area (Å²) in [6.07, 6.45) is 0.952. The van der Waals surface area contributed by atoms with Crippen LogP contribution in [0.25, 0.3) is 0 Å². The largest absolute Gasteiger partial charge is 0.493 e. The molecule has 4 rings (SSSR count). The van der Waals surface area contributed by atoms with Crippen LogP contribution >= 0.6 is 23.2 Å². The number of fused-ring (bicyclic) bond motifs is 1. The molecule has 27 heavy (non-hydrogen) atoms. The number of sulfonamides is 1. The maximum Gasteiger partial charge on any atom is 0.246 e. The molecular weight excluding hydrogens is 407 g/mol. The Morgan fingerprint density at radius 1 is 1.00 bits per heavy atom. The van der Waals surface area contributed by atoms with E-state index >= 15 is 0 Å². The Kier molecular flexibility index (Phi) is 5.36. The molecule has 2 aromatic rings. The third-order valence-electron chi connectivity index (χ3n) is 5.01. The van der Waals surface area contributed by atoms with Crippen LogP contribution in [0.4, 0.5) is 0 Å². The molecule has 0 aromatic heterocycles. The molecule has 1 saturated heterocycles. The van der Waals surface area contributed by atoms with E-state index in [1.54, 1.807) is 18.2 Å². The van der Waals surface area contributed by atoms with Gasteiger partial charge in [0, 0.05) is 39.1 Å². The van der Waals surface area contributed by atoms with Gasteiger partial charge in [-0.05, 0) is 29.3 Å². The molecule has 0 aliphatic carbocycles. The van der Waals surface area contributed by atoms with Crippen molar-refractivity contribution in [1.82, 2.24) is 9.21 Å². The van der Waals surface area contributed by atoms with Crippen LogP contribution in [0.3, 0.4) is 0 Å². The molecule has 0 radical (unpaired) electrons. The zero-order valence-electron chi connectivity index (χ0n) is 14.7. The molecule has 2 aliphatic heterocycles. The molecule has 2 aromatic carbocycles. The lowest BCUT2D eigenvalue weighted by Crippen LogP contribution is -2.48. The molecule has 1 fully saturated rings. The van der Waals surface area contributed by atoms with Crippen molar-refractivity contribution in [2.75, 3.05) is 32.8 Å². The van der Waals surface area contributed by atoms with E-state index in [4.69, 9.17) is 27.9 Å². The third-order valence-corrected chi connectivity index (χ3v) is 7.86. The highest BCUT2D eigenvalue weighted by molar-refractivity contribution is 7.89. The first-order chi connectivity index (χ1) is 12.9. The van der Waals surface area contributed by atoms with Crippen molar-refractivity contribution in [3.05, 3.63) is 57.6 Å². The number of rotatable bonds is 4. The summed E-state index contributed by atoms with van der Waals surface area (Å²) in [5, 5.41) is 0.315.